The minimum atomic E-state index is -0.330. The summed E-state index contributed by atoms with van der Waals surface area (Å²) in [6.45, 7) is 2.37. The van der Waals surface area contributed by atoms with E-state index in [0.717, 1.165) is 38.8 Å². The van der Waals surface area contributed by atoms with Crippen LogP contribution in [-0.2, 0) is 6.61 Å². The van der Waals surface area contributed by atoms with Crippen LogP contribution in [-0.4, -0.2) is 26.0 Å². The van der Waals surface area contributed by atoms with Gasteiger partial charge in [0.2, 0.25) is 0 Å². The Morgan fingerprint density at radius 2 is 1.57 bits per heavy atom. The summed E-state index contributed by atoms with van der Waals surface area (Å²) >= 11 is 5.46. The summed E-state index contributed by atoms with van der Waals surface area (Å²) in [5.74, 6) is 0.272. The molecule has 40 heavy (non-hydrogen) atoms. The fraction of sp³-hybridized carbons (Fsp3) is 0.0625. The number of anilines is 1. The van der Waals surface area contributed by atoms with Crippen molar-refractivity contribution < 1.29 is 9.53 Å². The number of hydrogen-bond acceptors (Lipinski definition) is 5. The lowest BCUT2D eigenvalue weighted by atomic mass is 10.1. The second-order valence-corrected chi connectivity index (χ2v) is 9.76. The molecule has 0 spiro atoms. The van der Waals surface area contributed by atoms with Crippen molar-refractivity contribution in [2.75, 3.05) is 5.32 Å². The number of rotatable bonds is 6. The molecular weight excluding hydrogens is 518 g/mol. The molecule has 1 amide bonds. The highest BCUT2D eigenvalue weighted by molar-refractivity contribution is 7.80. The van der Waals surface area contributed by atoms with Gasteiger partial charge >= 0.3 is 0 Å². The van der Waals surface area contributed by atoms with Gasteiger partial charge in [-0.15, -0.1) is 15.0 Å². The van der Waals surface area contributed by atoms with E-state index in [4.69, 9.17) is 27.2 Å². The third-order valence-electron chi connectivity index (χ3n) is 6.53. The molecule has 0 fully saturated rings. The van der Waals surface area contributed by atoms with Crippen molar-refractivity contribution in [2.24, 2.45) is 0 Å². The lowest BCUT2D eigenvalue weighted by Gasteiger charge is -2.12. The number of ether oxygens (including phenoxy) is 1. The van der Waals surface area contributed by atoms with E-state index in [-0.39, 0.29) is 11.0 Å². The summed E-state index contributed by atoms with van der Waals surface area (Å²) in [6, 6.07) is 34.9. The van der Waals surface area contributed by atoms with Crippen LogP contribution in [0.5, 0.6) is 5.75 Å². The molecule has 7 nitrogen and oxygen atoms in total. The van der Waals surface area contributed by atoms with E-state index in [9.17, 15) is 4.79 Å². The van der Waals surface area contributed by atoms with Gasteiger partial charge in [0.05, 0.1) is 5.69 Å². The number of fused-ring (bicyclic) bond motifs is 2. The number of hydrogen-bond donors (Lipinski definition) is 2. The van der Waals surface area contributed by atoms with Crippen LogP contribution < -0.4 is 15.4 Å². The summed E-state index contributed by atoms with van der Waals surface area (Å²) in [6.07, 6.45) is 0. The summed E-state index contributed by atoms with van der Waals surface area (Å²) < 4.78 is 5.85. The maximum atomic E-state index is 12.9. The molecule has 0 aliphatic rings. The molecule has 6 rings (SSSR count). The van der Waals surface area contributed by atoms with Crippen molar-refractivity contribution in [3.63, 3.8) is 0 Å². The summed E-state index contributed by atoms with van der Waals surface area (Å²) in [5.41, 5.74) is 5.52. The molecule has 0 saturated heterocycles. The molecule has 0 aliphatic carbocycles. The minimum Gasteiger partial charge on any atom is -0.489 e. The monoisotopic (exact) mass is 543 g/mol. The number of aromatic nitrogens is 3. The molecule has 0 radical (unpaired) electrons. The summed E-state index contributed by atoms with van der Waals surface area (Å²) in [4.78, 5) is 14.6. The van der Waals surface area contributed by atoms with Crippen LogP contribution in [0.25, 0.3) is 27.5 Å². The van der Waals surface area contributed by atoms with Gasteiger partial charge in [-0.05, 0) is 72.1 Å². The highest BCUT2D eigenvalue weighted by Crippen LogP contribution is 2.25. The molecule has 0 aliphatic heterocycles. The van der Waals surface area contributed by atoms with E-state index >= 15 is 0 Å². The Bertz CT molecular complexity index is 1860. The second kappa shape index (κ2) is 11.0. The second-order valence-electron chi connectivity index (χ2n) is 9.35. The van der Waals surface area contributed by atoms with E-state index < -0.39 is 0 Å². The highest BCUT2D eigenvalue weighted by atomic mass is 32.1. The number of benzene rings is 5. The number of aryl methyl sites for hydroxylation is 1. The maximum Gasteiger partial charge on any atom is 0.257 e. The fourth-order valence-electron chi connectivity index (χ4n) is 4.49. The number of nitrogens with zero attached hydrogens (tertiary/aromatic N) is 3. The molecule has 0 unspecified atom stereocenters. The van der Waals surface area contributed by atoms with E-state index in [1.54, 1.807) is 23.0 Å². The van der Waals surface area contributed by atoms with Gasteiger partial charge in [-0.1, -0.05) is 72.8 Å². The number of nitrogens with one attached hydrogen (secondary N) is 2. The first kappa shape index (κ1) is 25.2. The van der Waals surface area contributed by atoms with E-state index in [2.05, 4.69) is 28.8 Å². The van der Waals surface area contributed by atoms with Crippen LogP contribution in [0.15, 0.2) is 109 Å². The Morgan fingerprint density at radius 1 is 0.850 bits per heavy atom. The summed E-state index contributed by atoms with van der Waals surface area (Å²) in [5, 5.41) is 17.7. The zero-order chi connectivity index (χ0) is 27.5. The predicted molar refractivity (Wildman–Crippen MR) is 162 cm³/mol. The molecule has 196 valence electrons. The van der Waals surface area contributed by atoms with Crippen molar-refractivity contribution in [2.45, 2.75) is 13.5 Å². The van der Waals surface area contributed by atoms with Crippen molar-refractivity contribution in [1.29, 1.82) is 0 Å². The molecule has 6 aromatic rings. The van der Waals surface area contributed by atoms with Gasteiger partial charge in [0.15, 0.2) is 5.11 Å². The lowest BCUT2D eigenvalue weighted by Crippen LogP contribution is -2.34. The fourth-order valence-corrected chi connectivity index (χ4v) is 4.69. The van der Waals surface area contributed by atoms with Gasteiger partial charge in [0.25, 0.3) is 5.91 Å². The number of carbonyl (C=O) groups excluding carboxylic acids is 1. The Labute approximate surface area is 236 Å². The first-order chi connectivity index (χ1) is 19.5. The van der Waals surface area contributed by atoms with E-state index in [1.165, 1.54) is 0 Å². The Balaban J connectivity index is 1.16. The Morgan fingerprint density at radius 3 is 2.42 bits per heavy atom. The number of carbonyl (C=O) groups is 1. The van der Waals surface area contributed by atoms with Crippen LogP contribution >= 0.6 is 12.2 Å². The largest absolute Gasteiger partial charge is 0.489 e. The van der Waals surface area contributed by atoms with Gasteiger partial charge in [-0.3, -0.25) is 10.1 Å². The molecule has 2 N–H and O–H groups in total. The van der Waals surface area contributed by atoms with Crippen LogP contribution in [0.3, 0.4) is 0 Å². The zero-order valence-electron chi connectivity index (χ0n) is 21.7. The molecule has 0 saturated carbocycles. The van der Waals surface area contributed by atoms with Crippen molar-refractivity contribution in [3.8, 4) is 11.4 Å². The standard InChI is InChI=1S/C32H25N5O2S/c1-21-17-28-29(36-37(35-28)30-16-8-12-23-11-5-6-15-26(23)30)19-27(21)33-32(40)34-31(38)24-13-7-14-25(18-24)39-20-22-9-3-2-4-10-22/h2-19H,20H2,1H3,(H2,33,34,38,40). The van der Waals surface area contributed by atoms with Crippen LogP contribution in [0.1, 0.15) is 21.5 Å². The molecule has 5 aromatic carbocycles. The Kier molecular flexibility index (Phi) is 6.91. The highest BCUT2D eigenvalue weighted by Gasteiger charge is 2.13. The molecule has 0 bridgehead atoms. The average Bonchev–Trinajstić information content (AvgIpc) is 3.39. The number of amides is 1. The van der Waals surface area contributed by atoms with Gasteiger partial charge in [0, 0.05) is 16.6 Å². The molecule has 8 heteroatoms. The predicted octanol–water partition coefficient (Wildman–Crippen LogP) is 6.59. The van der Waals surface area contributed by atoms with Gasteiger partial charge in [-0.25, -0.2) is 0 Å². The first-order valence-electron chi connectivity index (χ1n) is 12.8. The summed E-state index contributed by atoms with van der Waals surface area (Å²) in [7, 11) is 0. The first-order valence-corrected chi connectivity index (χ1v) is 13.2. The van der Waals surface area contributed by atoms with Crippen LogP contribution in [0, 0.1) is 6.92 Å². The molecule has 1 heterocycles. The SMILES string of the molecule is Cc1cc2nn(-c3cccc4ccccc34)nc2cc1NC(=S)NC(=O)c1cccc(OCc2ccccc2)c1. The van der Waals surface area contributed by atoms with Gasteiger partial charge in [-0.2, -0.15) is 0 Å². The van der Waals surface area contributed by atoms with E-state index in [1.807, 2.05) is 79.7 Å². The van der Waals surface area contributed by atoms with Crippen LogP contribution in [0.2, 0.25) is 0 Å². The molecule has 1 aromatic heterocycles. The lowest BCUT2D eigenvalue weighted by molar-refractivity contribution is 0.0977. The third kappa shape index (κ3) is 5.39. The zero-order valence-corrected chi connectivity index (χ0v) is 22.5. The topological polar surface area (TPSA) is 81.1 Å². The average molecular weight is 544 g/mol. The van der Waals surface area contributed by atoms with Crippen LogP contribution in [0.4, 0.5) is 5.69 Å². The quantitative estimate of drug-likeness (QED) is 0.231. The van der Waals surface area contributed by atoms with E-state index in [0.29, 0.717) is 23.4 Å². The minimum absolute atomic E-state index is 0.185. The van der Waals surface area contributed by atoms with Crippen molar-refractivity contribution >= 4 is 50.7 Å². The molecule has 0 atom stereocenters. The normalized spacial score (nSPS) is 10.9. The maximum absolute atomic E-state index is 12.9. The Hall–Kier alpha value is -5.08. The molecular formula is C32H25N5O2S. The van der Waals surface area contributed by atoms with Gasteiger partial charge < -0.3 is 10.1 Å². The smallest absolute Gasteiger partial charge is 0.257 e. The van der Waals surface area contributed by atoms with Crippen molar-refractivity contribution in [1.82, 2.24) is 20.3 Å². The number of thiocarbonyl (C=S) groups is 1. The van der Waals surface area contributed by atoms with Gasteiger partial charge in [0.1, 0.15) is 23.4 Å². The third-order valence-corrected chi connectivity index (χ3v) is 6.73. The van der Waals surface area contributed by atoms with Crippen molar-refractivity contribution in [3.05, 3.63) is 126 Å².